The van der Waals surface area contributed by atoms with E-state index in [0.29, 0.717) is 18.4 Å². The van der Waals surface area contributed by atoms with E-state index >= 15 is 0 Å². The maximum absolute atomic E-state index is 12.5. The summed E-state index contributed by atoms with van der Waals surface area (Å²) in [6, 6.07) is 7.77. The van der Waals surface area contributed by atoms with Crippen molar-refractivity contribution in [1.29, 1.82) is 0 Å². The molecule has 2 heterocycles. The Morgan fingerprint density at radius 3 is 2.95 bits per heavy atom. The molecule has 1 amide bonds. The third-order valence-corrected chi connectivity index (χ3v) is 4.39. The Morgan fingerprint density at radius 1 is 1.40 bits per heavy atom. The first-order valence-corrected chi connectivity index (χ1v) is 7.43. The van der Waals surface area contributed by atoms with Crippen molar-refractivity contribution >= 4 is 11.6 Å². The van der Waals surface area contributed by atoms with E-state index in [9.17, 15) is 4.79 Å². The van der Waals surface area contributed by atoms with Crippen LogP contribution in [0.2, 0.25) is 0 Å². The molecule has 108 valence electrons. The average molecular weight is 274 g/mol. The Labute approximate surface area is 120 Å². The van der Waals surface area contributed by atoms with Crippen LogP contribution >= 0.6 is 0 Å². The zero-order chi connectivity index (χ0) is 14.1. The summed E-state index contributed by atoms with van der Waals surface area (Å²) in [4.78, 5) is 14.5. The number of fused-ring (bicyclic) bond motifs is 1. The molecule has 2 unspecified atom stereocenters. The number of carbonyl (C=O) groups is 1. The summed E-state index contributed by atoms with van der Waals surface area (Å²) in [5.74, 6) is 2.16. The number of nitrogens with zero attached hydrogens (tertiary/aromatic N) is 1. The number of amides is 1. The summed E-state index contributed by atoms with van der Waals surface area (Å²) < 4.78 is 5.85. The van der Waals surface area contributed by atoms with Gasteiger partial charge >= 0.3 is 0 Å². The van der Waals surface area contributed by atoms with Crippen molar-refractivity contribution in [2.24, 2.45) is 11.8 Å². The highest BCUT2D eigenvalue weighted by molar-refractivity contribution is 5.83. The Balaban J connectivity index is 1.65. The number of hydrogen-bond acceptors (Lipinski definition) is 3. The summed E-state index contributed by atoms with van der Waals surface area (Å²) in [6.45, 7) is 6.75. The van der Waals surface area contributed by atoms with E-state index in [1.165, 1.54) is 0 Å². The van der Waals surface area contributed by atoms with Gasteiger partial charge in [-0.1, -0.05) is 26.0 Å². The van der Waals surface area contributed by atoms with Gasteiger partial charge in [-0.25, -0.2) is 0 Å². The van der Waals surface area contributed by atoms with Gasteiger partial charge in [0.05, 0.1) is 12.2 Å². The molecule has 4 heteroatoms. The molecule has 2 aliphatic rings. The van der Waals surface area contributed by atoms with Crippen LogP contribution in [0.25, 0.3) is 0 Å². The molecule has 3 rings (SSSR count). The van der Waals surface area contributed by atoms with E-state index in [-0.39, 0.29) is 5.91 Å². The van der Waals surface area contributed by atoms with Gasteiger partial charge in [0, 0.05) is 13.1 Å². The molecule has 0 aliphatic carbocycles. The number of ether oxygens (including phenoxy) is 1. The summed E-state index contributed by atoms with van der Waals surface area (Å²) in [5, 5.41) is 3.28. The number of carbonyl (C=O) groups excluding carboxylic acids is 1. The van der Waals surface area contributed by atoms with Crippen LogP contribution in [-0.4, -0.2) is 36.5 Å². The predicted octanol–water partition coefficient (Wildman–Crippen LogP) is 2.36. The van der Waals surface area contributed by atoms with Gasteiger partial charge in [0.2, 0.25) is 0 Å². The van der Waals surface area contributed by atoms with Crippen LogP contribution in [0, 0.1) is 11.8 Å². The van der Waals surface area contributed by atoms with Crippen LogP contribution in [0.15, 0.2) is 24.3 Å². The minimum absolute atomic E-state index is 0.121. The lowest BCUT2D eigenvalue weighted by molar-refractivity contribution is -0.137. The van der Waals surface area contributed by atoms with E-state index in [4.69, 9.17) is 4.74 Å². The maximum atomic E-state index is 12.5. The van der Waals surface area contributed by atoms with Crippen LogP contribution in [0.5, 0.6) is 5.75 Å². The van der Waals surface area contributed by atoms with Gasteiger partial charge in [0.15, 0.2) is 6.10 Å². The normalized spacial score (nSPS) is 25.1. The molecule has 1 aromatic rings. The van der Waals surface area contributed by atoms with E-state index in [2.05, 4.69) is 19.2 Å². The van der Waals surface area contributed by atoms with Gasteiger partial charge < -0.3 is 15.0 Å². The first-order valence-electron chi connectivity index (χ1n) is 7.43. The zero-order valence-electron chi connectivity index (χ0n) is 12.1. The number of nitrogens with one attached hydrogen (secondary N) is 1. The highest BCUT2D eigenvalue weighted by Crippen LogP contribution is 2.30. The molecule has 0 radical (unpaired) electrons. The van der Waals surface area contributed by atoms with Crippen molar-refractivity contribution < 1.29 is 9.53 Å². The number of benzene rings is 1. The minimum Gasteiger partial charge on any atom is -0.477 e. The molecular formula is C16H22N2O2. The molecule has 4 nitrogen and oxygen atoms in total. The number of para-hydroxylation sites is 2. The van der Waals surface area contributed by atoms with E-state index in [1.807, 2.05) is 29.2 Å². The van der Waals surface area contributed by atoms with Gasteiger partial charge in [0.1, 0.15) is 5.75 Å². The van der Waals surface area contributed by atoms with Crippen LogP contribution in [-0.2, 0) is 4.79 Å². The SMILES string of the molecule is CC(C)C1CCN(C(=O)C2CNc3ccccc3O2)C1. The van der Waals surface area contributed by atoms with Gasteiger partial charge in [-0.05, 0) is 30.4 Å². The van der Waals surface area contributed by atoms with Crippen molar-refractivity contribution in [1.82, 2.24) is 4.90 Å². The van der Waals surface area contributed by atoms with E-state index in [1.54, 1.807) is 0 Å². The molecule has 1 fully saturated rings. The fourth-order valence-corrected chi connectivity index (χ4v) is 2.99. The first-order chi connectivity index (χ1) is 9.65. The molecule has 1 aromatic carbocycles. The largest absolute Gasteiger partial charge is 0.477 e. The van der Waals surface area contributed by atoms with E-state index in [0.717, 1.165) is 30.9 Å². The highest BCUT2D eigenvalue weighted by atomic mass is 16.5. The van der Waals surface area contributed by atoms with Crippen molar-refractivity contribution in [3.05, 3.63) is 24.3 Å². The number of rotatable bonds is 2. The van der Waals surface area contributed by atoms with Crippen molar-refractivity contribution in [3.63, 3.8) is 0 Å². The van der Waals surface area contributed by atoms with Crippen LogP contribution < -0.4 is 10.1 Å². The summed E-state index contributed by atoms with van der Waals surface area (Å²) in [6.07, 6.45) is 0.718. The van der Waals surface area contributed by atoms with Crippen LogP contribution in [0.1, 0.15) is 20.3 Å². The number of anilines is 1. The highest BCUT2D eigenvalue weighted by Gasteiger charge is 2.34. The smallest absolute Gasteiger partial charge is 0.265 e. The Bertz CT molecular complexity index is 501. The van der Waals surface area contributed by atoms with Crippen LogP contribution in [0.4, 0.5) is 5.69 Å². The second-order valence-corrected chi connectivity index (χ2v) is 6.06. The summed E-state index contributed by atoms with van der Waals surface area (Å²) in [7, 11) is 0. The zero-order valence-corrected chi connectivity index (χ0v) is 12.1. The lowest BCUT2D eigenvalue weighted by Gasteiger charge is -2.29. The van der Waals surface area contributed by atoms with Gasteiger partial charge in [-0.15, -0.1) is 0 Å². The molecule has 0 bridgehead atoms. The lowest BCUT2D eigenvalue weighted by Crippen LogP contribution is -2.46. The number of likely N-dealkylation sites (tertiary alicyclic amines) is 1. The van der Waals surface area contributed by atoms with Gasteiger partial charge in [-0.2, -0.15) is 0 Å². The molecule has 20 heavy (non-hydrogen) atoms. The predicted molar refractivity (Wildman–Crippen MR) is 78.9 cm³/mol. The second kappa shape index (κ2) is 5.35. The second-order valence-electron chi connectivity index (χ2n) is 6.06. The molecule has 0 saturated carbocycles. The first kappa shape index (κ1) is 13.3. The molecule has 2 atom stereocenters. The lowest BCUT2D eigenvalue weighted by atomic mass is 9.95. The monoisotopic (exact) mass is 274 g/mol. The summed E-state index contributed by atoms with van der Waals surface area (Å²) >= 11 is 0. The fraction of sp³-hybridized carbons (Fsp3) is 0.562. The number of hydrogen-bond donors (Lipinski definition) is 1. The minimum atomic E-state index is -0.393. The van der Waals surface area contributed by atoms with Gasteiger partial charge in [-0.3, -0.25) is 4.79 Å². The molecule has 0 spiro atoms. The Morgan fingerprint density at radius 2 is 2.20 bits per heavy atom. The summed E-state index contributed by atoms with van der Waals surface area (Å²) in [5.41, 5.74) is 0.970. The molecular weight excluding hydrogens is 252 g/mol. The topological polar surface area (TPSA) is 41.6 Å². The molecule has 1 saturated heterocycles. The standard InChI is InChI=1S/C16H22N2O2/c1-11(2)12-7-8-18(10-12)16(19)15-9-17-13-5-3-4-6-14(13)20-15/h3-6,11-12,15,17H,7-10H2,1-2H3. The fourth-order valence-electron chi connectivity index (χ4n) is 2.99. The van der Waals surface area contributed by atoms with Crippen molar-refractivity contribution in [2.45, 2.75) is 26.4 Å². The third kappa shape index (κ3) is 2.47. The quantitative estimate of drug-likeness (QED) is 0.900. The molecule has 1 N–H and O–H groups in total. The third-order valence-electron chi connectivity index (χ3n) is 4.39. The maximum Gasteiger partial charge on any atom is 0.265 e. The van der Waals surface area contributed by atoms with Crippen molar-refractivity contribution in [3.8, 4) is 5.75 Å². The van der Waals surface area contributed by atoms with E-state index < -0.39 is 6.10 Å². The molecule has 2 aliphatic heterocycles. The van der Waals surface area contributed by atoms with Crippen LogP contribution in [0.3, 0.4) is 0 Å². The van der Waals surface area contributed by atoms with Gasteiger partial charge in [0.25, 0.3) is 5.91 Å². The Hall–Kier alpha value is -1.71. The van der Waals surface area contributed by atoms with Crippen molar-refractivity contribution in [2.75, 3.05) is 25.0 Å². The average Bonchev–Trinajstić information content (AvgIpc) is 2.96. The molecule has 0 aromatic heterocycles. The Kier molecular flexibility index (Phi) is 3.55.